The predicted octanol–water partition coefficient (Wildman–Crippen LogP) is 3.88. The van der Waals surface area contributed by atoms with Crippen molar-refractivity contribution in [1.29, 1.82) is 0 Å². The van der Waals surface area contributed by atoms with Crippen LogP contribution in [0.2, 0.25) is 0 Å². The van der Waals surface area contributed by atoms with Crippen LogP contribution < -0.4 is 0 Å². The first-order valence-electron chi connectivity index (χ1n) is 6.83. The number of hydrogen-bond donors (Lipinski definition) is 0. The van der Waals surface area contributed by atoms with E-state index in [-0.39, 0.29) is 5.41 Å². The van der Waals surface area contributed by atoms with Gasteiger partial charge in [0.15, 0.2) is 0 Å². The zero-order valence-electron chi connectivity index (χ0n) is 10.7. The summed E-state index contributed by atoms with van der Waals surface area (Å²) in [6.07, 6.45) is 4.14. The highest BCUT2D eigenvalue weighted by Gasteiger charge is 2.65. The van der Waals surface area contributed by atoms with Crippen LogP contribution in [-0.2, 0) is 10.2 Å². The van der Waals surface area contributed by atoms with Gasteiger partial charge in [0.05, 0.1) is 12.9 Å². The van der Waals surface area contributed by atoms with Gasteiger partial charge in [-0.05, 0) is 17.2 Å². The van der Waals surface area contributed by atoms with E-state index in [0.717, 1.165) is 6.61 Å². The number of rotatable bonds is 2. The normalized spacial score (nSPS) is 31.4. The monoisotopic (exact) mass is 248 g/mol. The van der Waals surface area contributed by atoms with Gasteiger partial charge in [-0.3, -0.25) is 0 Å². The van der Waals surface area contributed by atoms with Gasteiger partial charge in [0.25, 0.3) is 0 Å². The van der Waals surface area contributed by atoms with E-state index in [1.54, 1.807) is 0 Å². The number of benzene rings is 2. The molecule has 19 heavy (non-hydrogen) atoms. The molecule has 1 nitrogen and oxygen atoms in total. The Morgan fingerprint density at radius 2 is 1.58 bits per heavy atom. The third-order valence-corrected chi connectivity index (χ3v) is 4.57. The minimum Gasteiger partial charge on any atom is -0.501 e. The fourth-order valence-electron chi connectivity index (χ4n) is 3.65. The summed E-state index contributed by atoms with van der Waals surface area (Å²) in [4.78, 5) is 0. The molecule has 2 aromatic carbocycles. The minimum absolute atomic E-state index is 0.154. The van der Waals surface area contributed by atoms with Crippen molar-refractivity contribution >= 4 is 0 Å². The van der Waals surface area contributed by atoms with Crippen LogP contribution in [0.25, 0.3) is 0 Å². The average Bonchev–Trinajstić information content (AvgIpc) is 3.19. The molecule has 3 atom stereocenters. The second-order valence-corrected chi connectivity index (χ2v) is 5.43. The van der Waals surface area contributed by atoms with Gasteiger partial charge in [0, 0.05) is 17.3 Å². The first-order valence-corrected chi connectivity index (χ1v) is 6.83. The summed E-state index contributed by atoms with van der Waals surface area (Å²) in [5, 5.41) is 0. The maximum atomic E-state index is 5.54. The van der Waals surface area contributed by atoms with Crippen molar-refractivity contribution in [3.63, 3.8) is 0 Å². The molecule has 0 bridgehead atoms. The molecular weight excluding hydrogens is 232 g/mol. The third-order valence-electron chi connectivity index (χ3n) is 4.57. The second-order valence-electron chi connectivity index (χ2n) is 5.43. The largest absolute Gasteiger partial charge is 0.501 e. The van der Waals surface area contributed by atoms with E-state index in [1.807, 2.05) is 6.26 Å². The summed E-state index contributed by atoms with van der Waals surface area (Å²) >= 11 is 0. The van der Waals surface area contributed by atoms with Crippen molar-refractivity contribution in [2.45, 2.75) is 11.3 Å². The third kappa shape index (κ3) is 1.48. The van der Waals surface area contributed by atoms with E-state index in [1.165, 1.54) is 11.1 Å². The average molecular weight is 248 g/mol. The van der Waals surface area contributed by atoms with Gasteiger partial charge in [-0.2, -0.15) is 0 Å². The van der Waals surface area contributed by atoms with Crippen molar-refractivity contribution in [2.24, 2.45) is 5.92 Å². The Morgan fingerprint density at radius 3 is 2.32 bits per heavy atom. The molecule has 4 rings (SSSR count). The van der Waals surface area contributed by atoms with E-state index < -0.39 is 0 Å². The molecule has 0 radical (unpaired) electrons. The van der Waals surface area contributed by atoms with Crippen molar-refractivity contribution < 1.29 is 4.74 Å². The molecule has 2 aliphatic rings. The van der Waals surface area contributed by atoms with E-state index >= 15 is 0 Å². The van der Waals surface area contributed by atoms with Gasteiger partial charge in [-0.15, -0.1) is 0 Å². The molecule has 2 aromatic rings. The molecule has 0 spiro atoms. The minimum atomic E-state index is 0.154. The maximum Gasteiger partial charge on any atom is 0.0919 e. The van der Waals surface area contributed by atoms with Gasteiger partial charge in [-0.1, -0.05) is 60.7 Å². The van der Waals surface area contributed by atoms with Crippen molar-refractivity contribution in [3.8, 4) is 0 Å². The van der Waals surface area contributed by atoms with Crippen molar-refractivity contribution in [1.82, 2.24) is 0 Å². The Hall–Kier alpha value is -2.02. The molecule has 1 fully saturated rings. The summed E-state index contributed by atoms with van der Waals surface area (Å²) in [7, 11) is 0. The number of fused-ring (bicyclic) bond motifs is 1. The fourth-order valence-corrected chi connectivity index (χ4v) is 3.65. The Bertz CT molecular complexity index is 602. The topological polar surface area (TPSA) is 9.23 Å². The Labute approximate surface area is 113 Å². The SMILES string of the molecule is C1=CC2(c3ccccc3)C(CO1)C2c1ccccc1. The summed E-state index contributed by atoms with van der Waals surface area (Å²) < 4.78 is 5.54. The lowest BCUT2D eigenvalue weighted by molar-refractivity contribution is 0.212. The second kappa shape index (κ2) is 3.99. The lowest BCUT2D eigenvalue weighted by atomic mass is 9.89. The lowest BCUT2D eigenvalue weighted by Gasteiger charge is -2.17. The predicted molar refractivity (Wildman–Crippen MR) is 75.9 cm³/mol. The fraction of sp³-hybridized carbons (Fsp3) is 0.222. The number of hydrogen-bond acceptors (Lipinski definition) is 1. The Morgan fingerprint density at radius 1 is 0.895 bits per heavy atom. The lowest BCUT2D eigenvalue weighted by Crippen LogP contribution is -2.13. The smallest absolute Gasteiger partial charge is 0.0919 e. The molecule has 3 unspecified atom stereocenters. The van der Waals surface area contributed by atoms with Crippen LogP contribution in [0.5, 0.6) is 0 Å². The summed E-state index contributed by atoms with van der Waals surface area (Å²) in [5.41, 5.74) is 2.99. The van der Waals surface area contributed by atoms with Crippen LogP contribution in [0, 0.1) is 5.92 Å². The molecule has 1 saturated carbocycles. The Kier molecular flexibility index (Phi) is 2.28. The van der Waals surface area contributed by atoms with Gasteiger partial charge in [0.1, 0.15) is 0 Å². The van der Waals surface area contributed by atoms with E-state index in [9.17, 15) is 0 Å². The highest BCUT2D eigenvalue weighted by Crippen LogP contribution is 2.67. The Balaban J connectivity index is 1.81. The van der Waals surface area contributed by atoms with Crippen molar-refractivity contribution in [3.05, 3.63) is 84.1 Å². The maximum absolute atomic E-state index is 5.54. The molecule has 1 heteroatoms. The van der Waals surface area contributed by atoms with E-state index in [4.69, 9.17) is 4.74 Å². The van der Waals surface area contributed by atoms with Crippen molar-refractivity contribution in [2.75, 3.05) is 6.61 Å². The molecule has 0 aromatic heterocycles. The van der Waals surface area contributed by atoms with Gasteiger partial charge < -0.3 is 4.74 Å². The summed E-state index contributed by atoms with van der Waals surface area (Å²) in [5.74, 6) is 1.12. The number of allylic oxidation sites excluding steroid dienone is 1. The quantitative estimate of drug-likeness (QED) is 0.783. The zero-order chi connectivity index (χ0) is 12.7. The molecule has 1 aliphatic heterocycles. The highest BCUT2D eigenvalue weighted by atomic mass is 16.5. The van der Waals surface area contributed by atoms with Crippen LogP contribution in [0.15, 0.2) is 73.0 Å². The first-order chi connectivity index (χ1) is 9.43. The van der Waals surface area contributed by atoms with E-state index in [2.05, 4.69) is 66.7 Å². The van der Waals surface area contributed by atoms with Crippen LogP contribution in [-0.4, -0.2) is 6.61 Å². The van der Waals surface area contributed by atoms with Crippen LogP contribution in [0.4, 0.5) is 0 Å². The molecule has 1 heterocycles. The standard InChI is InChI=1S/C18H16O/c1-3-7-14(8-4-1)17-16-13-19-12-11-18(16,17)15-9-5-2-6-10-15/h1-12,16-17H,13H2. The van der Waals surface area contributed by atoms with Crippen LogP contribution in [0.3, 0.4) is 0 Å². The van der Waals surface area contributed by atoms with Gasteiger partial charge in [0.2, 0.25) is 0 Å². The van der Waals surface area contributed by atoms with Crippen LogP contribution >= 0.6 is 0 Å². The number of ether oxygens (including phenoxy) is 1. The molecule has 1 aliphatic carbocycles. The van der Waals surface area contributed by atoms with Gasteiger partial charge >= 0.3 is 0 Å². The summed E-state index contributed by atoms with van der Waals surface area (Å²) in [6, 6.07) is 21.6. The molecular formula is C18H16O. The first kappa shape index (κ1) is 10.9. The molecule has 0 N–H and O–H groups in total. The van der Waals surface area contributed by atoms with Crippen LogP contribution in [0.1, 0.15) is 17.0 Å². The molecule has 0 saturated heterocycles. The van der Waals surface area contributed by atoms with Gasteiger partial charge in [-0.25, -0.2) is 0 Å². The highest BCUT2D eigenvalue weighted by molar-refractivity contribution is 5.51. The molecule has 94 valence electrons. The summed E-state index contributed by atoms with van der Waals surface area (Å²) in [6.45, 7) is 0.824. The molecule has 0 amide bonds. The van der Waals surface area contributed by atoms with E-state index in [0.29, 0.717) is 11.8 Å². The zero-order valence-corrected chi connectivity index (χ0v) is 10.7.